The molecule has 7 heteroatoms. The number of methoxy groups -OCH3 is 1. The summed E-state index contributed by atoms with van der Waals surface area (Å²) in [6.45, 7) is 2.33. The number of nitrogens with zero attached hydrogens (tertiary/aromatic N) is 2. The van der Waals surface area contributed by atoms with Crippen LogP contribution in [0.5, 0.6) is 11.5 Å². The molecule has 28 heavy (non-hydrogen) atoms. The summed E-state index contributed by atoms with van der Waals surface area (Å²) >= 11 is 0. The van der Waals surface area contributed by atoms with Gasteiger partial charge in [0, 0.05) is 19.6 Å². The highest BCUT2D eigenvalue weighted by atomic mass is 16.5. The summed E-state index contributed by atoms with van der Waals surface area (Å²) in [4.78, 5) is 29.4. The fraction of sp³-hybridized carbons (Fsp3) is 0.333. The van der Waals surface area contributed by atoms with E-state index >= 15 is 0 Å². The van der Waals surface area contributed by atoms with Gasteiger partial charge in [0.25, 0.3) is 5.91 Å². The van der Waals surface area contributed by atoms with Crippen molar-refractivity contribution in [2.75, 3.05) is 45.2 Å². The minimum Gasteiger partial charge on any atom is -0.496 e. The first-order valence-electron chi connectivity index (χ1n) is 9.33. The van der Waals surface area contributed by atoms with Crippen molar-refractivity contribution in [3.8, 4) is 11.5 Å². The fourth-order valence-electron chi connectivity index (χ4n) is 3.69. The van der Waals surface area contributed by atoms with Gasteiger partial charge in [0.1, 0.15) is 18.1 Å². The van der Waals surface area contributed by atoms with Crippen LogP contribution in [0.1, 0.15) is 10.4 Å². The van der Waals surface area contributed by atoms with Crippen molar-refractivity contribution >= 4 is 17.5 Å². The molecule has 0 unspecified atom stereocenters. The third kappa shape index (κ3) is 3.66. The summed E-state index contributed by atoms with van der Waals surface area (Å²) < 4.78 is 11.3. The number of para-hydroxylation sites is 3. The second kappa shape index (κ2) is 7.90. The third-order valence-corrected chi connectivity index (χ3v) is 5.17. The molecule has 2 amide bonds. The largest absolute Gasteiger partial charge is 0.496 e. The smallest absolute Gasteiger partial charge is 0.257 e. The lowest BCUT2D eigenvalue weighted by Crippen LogP contribution is -2.57. The molecule has 2 aliphatic rings. The molecule has 2 heterocycles. The van der Waals surface area contributed by atoms with Crippen LogP contribution in [-0.2, 0) is 4.79 Å². The SMILES string of the molecule is COc1ccccc1C(=O)N1CCN2CC(=O)Nc3ccccc3OC[C@H]2C1. The number of anilines is 1. The number of ether oxygens (including phenoxy) is 2. The van der Waals surface area contributed by atoms with E-state index in [1.54, 1.807) is 19.2 Å². The standard InChI is InChI=1S/C21H23N3O4/c1-27-18-8-4-2-6-16(18)21(26)24-11-10-23-13-20(25)22-17-7-3-5-9-19(17)28-14-15(23)12-24/h2-9,15H,10-14H2,1H3,(H,22,25)/t15-/m1/s1. The van der Waals surface area contributed by atoms with Crippen molar-refractivity contribution in [2.45, 2.75) is 6.04 Å². The maximum atomic E-state index is 13.0. The van der Waals surface area contributed by atoms with Gasteiger partial charge in [-0.2, -0.15) is 0 Å². The highest BCUT2D eigenvalue weighted by molar-refractivity contribution is 5.97. The zero-order chi connectivity index (χ0) is 19.5. The van der Waals surface area contributed by atoms with E-state index in [1.807, 2.05) is 41.3 Å². The van der Waals surface area contributed by atoms with Gasteiger partial charge in [0.2, 0.25) is 5.91 Å². The summed E-state index contributed by atoms with van der Waals surface area (Å²) in [5.74, 6) is 1.06. The molecule has 7 nitrogen and oxygen atoms in total. The molecule has 2 aromatic rings. The molecule has 2 aromatic carbocycles. The van der Waals surface area contributed by atoms with Crippen LogP contribution >= 0.6 is 0 Å². The molecule has 1 saturated heterocycles. The van der Waals surface area contributed by atoms with Crippen molar-refractivity contribution in [3.63, 3.8) is 0 Å². The number of fused-ring (bicyclic) bond motifs is 2. The number of amides is 2. The Bertz CT molecular complexity index is 885. The first-order chi connectivity index (χ1) is 13.7. The van der Waals surface area contributed by atoms with E-state index < -0.39 is 0 Å². The summed E-state index contributed by atoms with van der Waals surface area (Å²) in [5.41, 5.74) is 1.22. The van der Waals surface area contributed by atoms with Gasteiger partial charge >= 0.3 is 0 Å². The topological polar surface area (TPSA) is 71.1 Å². The van der Waals surface area contributed by atoms with Crippen LogP contribution in [0.2, 0.25) is 0 Å². The number of hydrogen-bond donors (Lipinski definition) is 1. The Morgan fingerprint density at radius 3 is 2.79 bits per heavy atom. The molecule has 1 N–H and O–H groups in total. The predicted octanol–water partition coefficient (Wildman–Crippen LogP) is 1.85. The van der Waals surface area contributed by atoms with E-state index in [-0.39, 0.29) is 24.4 Å². The van der Waals surface area contributed by atoms with Crippen molar-refractivity contribution in [2.24, 2.45) is 0 Å². The minimum atomic E-state index is -0.0764. The van der Waals surface area contributed by atoms with Crippen molar-refractivity contribution in [1.82, 2.24) is 9.80 Å². The lowest BCUT2D eigenvalue weighted by Gasteiger charge is -2.40. The molecule has 0 aromatic heterocycles. The maximum absolute atomic E-state index is 13.0. The summed E-state index contributed by atoms with van der Waals surface area (Å²) in [5, 5.41) is 2.91. The number of nitrogens with one attached hydrogen (secondary N) is 1. The van der Waals surface area contributed by atoms with Gasteiger partial charge in [0.15, 0.2) is 0 Å². The molecule has 2 aliphatic heterocycles. The average molecular weight is 381 g/mol. The third-order valence-electron chi connectivity index (χ3n) is 5.17. The molecule has 0 saturated carbocycles. The summed E-state index contributed by atoms with van der Waals surface area (Å²) in [7, 11) is 1.56. The molecule has 1 fully saturated rings. The van der Waals surface area contributed by atoms with Crippen molar-refractivity contribution in [1.29, 1.82) is 0 Å². The minimum absolute atomic E-state index is 0.0655. The van der Waals surface area contributed by atoms with Gasteiger partial charge in [-0.15, -0.1) is 0 Å². The number of hydrogen-bond acceptors (Lipinski definition) is 5. The zero-order valence-electron chi connectivity index (χ0n) is 15.8. The number of carbonyl (C=O) groups is 2. The molecular weight excluding hydrogens is 358 g/mol. The predicted molar refractivity (Wildman–Crippen MR) is 105 cm³/mol. The van der Waals surface area contributed by atoms with Crippen LogP contribution in [0.25, 0.3) is 0 Å². The Morgan fingerprint density at radius 2 is 1.93 bits per heavy atom. The van der Waals surface area contributed by atoms with E-state index in [0.717, 1.165) is 0 Å². The average Bonchev–Trinajstić information content (AvgIpc) is 2.79. The summed E-state index contributed by atoms with van der Waals surface area (Å²) in [6.07, 6.45) is 0. The number of piperazine rings is 1. The highest BCUT2D eigenvalue weighted by Crippen LogP contribution is 2.27. The van der Waals surface area contributed by atoms with E-state index in [9.17, 15) is 9.59 Å². The Kier molecular flexibility index (Phi) is 5.16. The van der Waals surface area contributed by atoms with Gasteiger partial charge in [-0.3, -0.25) is 14.5 Å². The Morgan fingerprint density at radius 1 is 1.14 bits per heavy atom. The normalized spacial score (nSPS) is 19.8. The van der Waals surface area contributed by atoms with Crippen LogP contribution < -0.4 is 14.8 Å². The molecule has 146 valence electrons. The van der Waals surface area contributed by atoms with Crippen LogP contribution in [0.15, 0.2) is 48.5 Å². The number of carbonyl (C=O) groups excluding carboxylic acids is 2. The monoisotopic (exact) mass is 381 g/mol. The van der Waals surface area contributed by atoms with Gasteiger partial charge < -0.3 is 19.7 Å². The lowest BCUT2D eigenvalue weighted by atomic mass is 10.1. The number of benzene rings is 2. The van der Waals surface area contributed by atoms with Crippen molar-refractivity contribution in [3.05, 3.63) is 54.1 Å². The van der Waals surface area contributed by atoms with Crippen LogP contribution in [0.3, 0.4) is 0 Å². The first kappa shape index (κ1) is 18.3. The molecule has 0 radical (unpaired) electrons. The van der Waals surface area contributed by atoms with Gasteiger partial charge in [-0.1, -0.05) is 24.3 Å². The van der Waals surface area contributed by atoms with E-state index in [1.165, 1.54) is 0 Å². The molecular formula is C21H23N3O4. The van der Waals surface area contributed by atoms with Gasteiger partial charge in [-0.25, -0.2) is 0 Å². The van der Waals surface area contributed by atoms with Crippen LogP contribution in [0, 0.1) is 0 Å². The van der Waals surface area contributed by atoms with E-state index in [4.69, 9.17) is 9.47 Å². The fourth-order valence-corrected chi connectivity index (χ4v) is 3.69. The Hall–Kier alpha value is -3.06. The highest BCUT2D eigenvalue weighted by Gasteiger charge is 2.33. The van der Waals surface area contributed by atoms with Crippen LogP contribution in [0.4, 0.5) is 5.69 Å². The van der Waals surface area contributed by atoms with E-state index in [2.05, 4.69) is 10.2 Å². The molecule has 0 bridgehead atoms. The van der Waals surface area contributed by atoms with E-state index in [0.29, 0.717) is 49.0 Å². The molecule has 1 atom stereocenters. The second-order valence-electron chi connectivity index (χ2n) is 6.93. The molecule has 0 aliphatic carbocycles. The summed E-state index contributed by atoms with van der Waals surface area (Å²) in [6, 6.07) is 14.6. The first-order valence-corrected chi connectivity index (χ1v) is 9.33. The van der Waals surface area contributed by atoms with Gasteiger partial charge in [-0.05, 0) is 24.3 Å². The second-order valence-corrected chi connectivity index (χ2v) is 6.93. The molecule has 4 rings (SSSR count). The maximum Gasteiger partial charge on any atom is 0.257 e. The Balaban J connectivity index is 1.53. The number of rotatable bonds is 2. The lowest BCUT2D eigenvalue weighted by molar-refractivity contribution is -0.118. The quantitative estimate of drug-likeness (QED) is 0.860. The van der Waals surface area contributed by atoms with Gasteiger partial charge in [0.05, 0.1) is 30.9 Å². The molecule has 0 spiro atoms. The van der Waals surface area contributed by atoms with Crippen molar-refractivity contribution < 1.29 is 19.1 Å². The Labute approximate surface area is 163 Å². The van der Waals surface area contributed by atoms with Crippen LogP contribution in [-0.4, -0.2) is 67.6 Å². The zero-order valence-corrected chi connectivity index (χ0v) is 15.8.